The van der Waals surface area contributed by atoms with Crippen LogP contribution >= 0.6 is 11.6 Å². The number of amides is 1. The van der Waals surface area contributed by atoms with E-state index in [-0.39, 0.29) is 5.91 Å². The number of rotatable bonds is 5. The number of benzene rings is 1. The predicted molar refractivity (Wildman–Crippen MR) is 63.1 cm³/mol. The molecule has 0 aromatic heterocycles. The summed E-state index contributed by atoms with van der Waals surface area (Å²) in [6.07, 6.45) is 2.69. The predicted octanol–water partition coefficient (Wildman–Crippen LogP) is 1.89. The molecule has 0 saturated carbocycles. The van der Waals surface area contributed by atoms with Gasteiger partial charge in [-0.2, -0.15) is 0 Å². The minimum absolute atomic E-state index is 0.147. The van der Waals surface area contributed by atoms with Gasteiger partial charge in [0.1, 0.15) is 0 Å². The largest absolute Gasteiger partial charge is 0.346 e. The fourth-order valence-corrected chi connectivity index (χ4v) is 1.38. The van der Waals surface area contributed by atoms with E-state index >= 15 is 0 Å². The molecule has 1 N–H and O–H groups in total. The van der Waals surface area contributed by atoms with Crippen molar-refractivity contribution in [2.75, 3.05) is 0 Å². The van der Waals surface area contributed by atoms with Gasteiger partial charge >= 0.3 is 0 Å². The molecule has 1 aromatic rings. The van der Waals surface area contributed by atoms with Crippen LogP contribution < -0.4 is 5.32 Å². The number of halogens is 1. The van der Waals surface area contributed by atoms with Crippen LogP contribution in [-0.2, 0) is 16.0 Å². The molecule has 0 saturated heterocycles. The lowest BCUT2D eigenvalue weighted by Gasteiger charge is -2.06. The monoisotopic (exact) mass is 238 g/mol. The summed E-state index contributed by atoms with van der Waals surface area (Å²) >= 11 is 5.74. The molecule has 3 nitrogen and oxygen atoms in total. The summed E-state index contributed by atoms with van der Waals surface area (Å²) in [5.74, 6) is -0.147. The Morgan fingerprint density at radius 2 is 2.06 bits per heavy atom. The lowest BCUT2D eigenvalue weighted by molar-refractivity contribution is -0.121. The van der Waals surface area contributed by atoms with Gasteiger partial charge in [0.2, 0.25) is 12.2 Å². The number of aryl methyl sites for hydroxylation is 1. The third-order valence-electron chi connectivity index (χ3n) is 2.11. The fourth-order valence-electron chi connectivity index (χ4n) is 1.25. The number of hydrogen-bond donors (Lipinski definition) is 1. The Morgan fingerprint density at radius 3 is 2.62 bits per heavy atom. The maximum Gasteiger partial charge on any atom is 0.222 e. The molecule has 0 bridgehead atoms. The van der Waals surface area contributed by atoms with Crippen LogP contribution in [0.1, 0.15) is 18.9 Å². The van der Waals surface area contributed by atoms with Crippen LogP contribution in [0.5, 0.6) is 0 Å². The van der Waals surface area contributed by atoms with Gasteiger partial charge in [0, 0.05) is 11.4 Å². The zero-order valence-electron chi connectivity index (χ0n) is 9.00. The highest BCUT2D eigenvalue weighted by Crippen LogP contribution is 2.10. The van der Waals surface area contributed by atoms with Crippen LogP contribution in [0.25, 0.3) is 0 Å². The summed E-state index contributed by atoms with van der Waals surface area (Å²) in [7, 11) is 0. The van der Waals surface area contributed by atoms with Crippen molar-refractivity contribution >= 4 is 23.8 Å². The van der Waals surface area contributed by atoms with Gasteiger partial charge in [0.05, 0.1) is 6.04 Å². The van der Waals surface area contributed by atoms with Crippen LogP contribution in [0, 0.1) is 0 Å². The lowest BCUT2D eigenvalue weighted by atomic mass is 10.1. The summed E-state index contributed by atoms with van der Waals surface area (Å²) < 4.78 is 0. The second kappa shape index (κ2) is 6.28. The summed E-state index contributed by atoms with van der Waals surface area (Å²) in [5.41, 5.74) is 1.04. The molecular weight excluding hydrogens is 226 g/mol. The molecule has 0 aliphatic rings. The van der Waals surface area contributed by atoms with Crippen molar-refractivity contribution in [3.05, 3.63) is 34.9 Å². The smallest absolute Gasteiger partial charge is 0.222 e. The van der Waals surface area contributed by atoms with Gasteiger partial charge < -0.3 is 5.32 Å². The molecule has 16 heavy (non-hydrogen) atoms. The van der Waals surface area contributed by atoms with Crippen molar-refractivity contribution in [2.24, 2.45) is 0 Å². The summed E-state index contributed by atoms with van der Waals surface area (Å²) in [4.78, 5) is 21.5. The normalized spacial score (nSPS) is 11.9. The van der Waals surface area contributed by atoms with Gasteiger partial charge in [-0.25, -0.2) is 0 Å². The van der Waals surface area contributed by atoms with Crippen molar-refractivity contribution in [1.82, 2.24) is 5.32 Å². The quantitative estimate of drug-likeness (QED) is 0.852. The lowest BCUT2D eigenvalue weighted by Crippen LogP contribution is -2.33. The second-order valence-corrected chi connectivity index (χ2v) is 3.97. The van der Waals surface area contributed by atoms with E-state index in [0.717, 1.165) is 5.56 Å². The summed E-state index contributed by atoms with van der Waals surface area (Å²) in [6, 6.07) is 6.79. The van der Waals surface area contributed by atoms with E-state index in [1.54, 1.807) is 25.3 Å². The van der Waals surface area contributed by atoms with Crippen molar-refractivity contribution in [3.63, 3.8) is 0 Å². The van der Waals surface area contributed by atoms with Crippen LogP contribution in [0.2, 0.25) is 5.02 Å². The van der Waals surface area contributed by atoms with E-state index in [1.807, 2.05) is 12.1 Å². The van der Waals surface area contributed by atoms with E-state index in [0.29, 0.717) is 17.9 Å². The SMILES string of the molecule is C[C@@H]([C]=O)NC(=O)CCc1ccc(Cl)cc1. The van der Waals surface area contributed by atoms with Gasteiger partial charge in [-0.1, -0.05) is 23.7 Å². The van der Waals surface area contributed by atoms with Gasteiger partial charge in [0.25, 0.3) is 0 Å². The highest BCUT2D eigenvalue weighted by atomic mass is 35.5. The zero-order valence-corrected chi connectivity index (χ0v) is 9.75. The third-order valence-corrected chi connectivity index (χ3v) is 2.36. The Kier molecular flexibility index (Phi) is 4.99. The van der Waals surface area contributed by atoms with Gasteiger partial charge in [-0.3, -0.25) is 9.59 Å². The van der Waals surface area contributed by atoms with Gasteiger partial charge in [-0.05, 0) is 31.0 Å². The molecule has 1 rings (SSSR count). The first-order valence-corrected chi connectivity index (χ1v) is 5.41. The molecule has 0 aliphatic heterocycles. The van der Waals surface area contributed by atoms with E-state index in [9.17, 15) is 9.59 Å². The fraction of sp³-hybridized carbons (Fsp3) is 0.333. The van der Waals surface area contributed by atoms with E-state index < -0.39 is 6.04 Å². The molecule has 0 aliphatic carbocycles. The maximum atomic E-state index is 11.3. The molecule has 1 aromatic carbocycles. The Bertz CT molecular complexity index is 362. The second-order valence-electron chi connectivity index (χ2n) is 3.53. The molecule has 85 valence electrons. The van der Waals surface area contributed by atoms with Crippen LogP contribution in [-0.4, -0.2) is 18.2 Å². The number of carbonyl (C=O) groups is 1. The van der Waals surface area contributed by atoms with Crippen molar-refractivity contribution in [1.29, 1.82) is 0 Å². The number of hydrogen-bond acceptors (Lipinski definition) is 2. The standard InChI is InChI=1S/C12H13ClNO2/c1-9(8-15)14-12(16)7-4-10-2-5-11(13)6-3-10/h2-3,5-6,9H,4,7H2,1H3,(H,14,16)/t9-/m0/s1. The van der Waals surface area contributed by atoms with E-state index in [2.05, 4.69) is 5.32 Å². The average molecular weight is 239 g/mol. The topological polar surface area (TPSA) is 46.2 Å². The Morgan fingerprint density at radius 1 is 1.44 bits per heavy atom. The first-order valence-electron chi connectivity index (χ1n) is 5.03. The zero-order chi connectivity index (χ0) is 12.0. The first-order chi connectivity index (χ1) is 7.61. The minimum Gasteiger partial charge on any atom is -0.346 e. The molecule has 0 unspecified atom stereocenters. The molecule has 0 fully saturated rings. The Balaban J connectivity index is 2.37. The number of nitrogens with one attached hydrogen (secondary N) is 1. The maximum absolute atomic E-state index is 11.3. The Labute approximate surface area is 99.8 Å². The molecule has 4 heteroatoms. The van der Waals surface area contributed by atoms with Gasteiger partial charge in [0.15, 0.2) is 0 Å². The van der Waals surface area contributed by atoms with Crippen molar-refractivity contribution < 1.29 is 9.59 Å². The molecular formula is C12H13ClNO2. The van der Waals surface area contributed by atoms with Crippen LogP contribution in [0.15, 0.2) is 24.3 Å². The molecule has 1 radical (unpaired) electrons. The summed E-state index contributed by atoms with van der Waals surface area (Å²) in [5, 5.41) is 3.20. The van der Waals surface area contributed by atoms with Crippen LogP contribution in [0.3, 0.4) is 0 Å². The molecule has 0 heterocycles. The first kappa shape index (κ1) is 12.7. The summed E-state index contributed by atoms with van der Waals surface area (Å²) in [6.45, 7) is 1.59. The van der Waals surface area contributed by atoms with Crippen molar-refractivity contribution in [2.45, 2.75) is 25.8 Å². The van der Waals surface area contributed by atoms with E-state index in [1.165, 1.54) is 0 Å². The minimum atomic E-state index is -0.544. The molecule has 0 spiro atoms. The third kappa shape index (κ3) is 4.45. The van der Waals surface area contributed by atoms with Crippen molar-refractivity contribution in [3.8, 4) is 0 Å². The molecule has 1 atom stereocenters. The van der Waals surface area contributed by atoms with Gasteiger partial charge in [-0.15, -0.1) is 0 Å². The average Bonchev–Trinajstić information content (AvgIpc) is 2.28. The Hall–Kier alpha value is -1.35. The molecule has 1 amide bonds. The van der Waals surface area contributed by atoms with E-state index in [4.69, 9.17) is 11.6 Å². The highest BCUT2D eigenvalue weighted by molar-refractivity contribution is 6.30. The van der Waals surface area contributed by atoms with Crippen LogP contribution in [0.4, 0.5) is 0 Å². The highest BCUT2D eigenvalue weighted by Gasteiger charge is 2.06. The number of carbonyl (C=O) groups excluding carboxylic acids is 2.